The van der Waals surface area contributed by atoms with Crippen molar-refractivity contribution in [1.29, 1.82) is 0 Å². The summed E-state index contributed by atoms with van der Waals surface area (Å²) in [6.45, 7) is 7.60. The van der Waals surface area contributed by atoms with Gasteiger partial charge in [0.1, 0.15) is 0 Å². The first-order valence-electron chi connectivity index (χ1n) is 14.0. The van der Waals surface area contributed by atoms with Gasteiger partial charge in [-0.25, -0.2) is 4.79 Å². The van der Waals surface area contributed by atoms with Gasteiger partial charge in [0.2, 0.25) is 0 Å². The fraction of sp³-hybridized carbons (Fsp3) is 0.964. The highest BCUT2D eigenvalue weighted by Crippen LogP contribution is 2.15. The second-order valence-corrected chi connectivity index (χ2v) is 9.26. The van der Waals surface area contributed by atoms with E-state index >= 15 is 0 Å². The molecule has 0 amide bonds. The summed E-state index contributed by atoms with van der Waals surface area (Å²) in [6.07, 6.45) is 26.6. The Balaban J connectivity index is 3.54. The van der Waals surface area contributed by atoms with Crippen LogP contribution in [0.1, 0.15) is 156 Å². The smallest absolute Gasteiger partial charge is 0.335 e. The molecule has 31 heavy (non-hydrogen) atoms. The van der Waals surface area contributed by atoms with Gasteiger partial charge in [-0.1, -0.05) is 136 Å². The fourth-order valence-electron chi connectivity index (χ4n) is 4.14. The van der Waals surface area contributed by atoms with E-state index in [0.717, 1.165) is 25.7 Å². The minimum Gasteiger partial charge on any atom is -0.464 e. The highest BCUT2D eigenvalue weighted by atomic mass is 16.6. The maximum Gasteiger partial charge on any atom is 0.335 e. The van der Waals surface area contributed by atoms with Crippen LogP contribution >= 0.6 is 0 Å². The lowest BCUT2D eigenvalue weighted by atomic mass is 10.0. The molecule has 0 N–H and O–H groups in total. The number of carbonyl (C=O) groups is 1. The van der Waals surface area contributed by atoms with Crippen molar-refractivity contribution in [3.63, 3.8) is 0 Å². The predicted molar refractivity (Wildman–Crippen MR) is 135 cm³/mol. The number of hydrogen-bond acceptors (Lipinski definition) is 3. The average molecular weight is 441 g/mol. The van der Waals surface area contributed by atoms with Crippen LogP contribution < -0.4 is 0 Å². The first-order chi connectivity index (χ1) is 15.3. The Labute approximate surface area is 195 Å². The van der Waals surface area contributed by atoms with E-state index in [1.54, 1.807) is 0 Å². The van der Waals surface area contributed by atoms with Crippen LogP contribution in [0.5, 0.6) is 0 Å². The first-order valence-corrected chi connectivity index (χ1v) is 14.0. The molecule has 0 aliphatic heterocycles. The summed E-state index contributed by atoms with van der Waals surface area (Å²) in [5, 5.41) is 0. The number of carbonyl (C=O) groups excluding carboxylic acids is 1. The van der Waals surface area contributed by atoms with E-state index in [1.165, 1.54) is 109 Å². The highest BCUT2D eigenvalue weighted by molar-refractivity contribution is 5.74. The molecule has 0 aliphatic carbocycles. The Morgan fingerprint density at radius 1 is 0.548 bits per heavy atom. The van der Waals surface area contributed by atoms with Crippen molar-refractivity contribution in [1.82, 2.24) is 0 Å². The monoisotopic (exact) mass is 440 g/mol. The molecule has 0 saturated heterocycles. The van der Waals surface area contributed by atoms with Gasteiger partial charge < -0.3 is 9.47 Å². The summed E-state index contributed by atoms with van der Waals surface area (Å²) in [6, 6.07) is 0. The Kier molecular flexibility index (Phi) is 25.2. The minimum atomic E-state index is -0.359. The molecule has 1 unspecified atom stereocenters. The Hall–Kier alpha value is -0.570. The fourth-order valence-corrected chi connectivity index (χ4v) is 4.14. The molecule has 0 aromatic rings. The zero-order chi connectivity index (χ0) is 22.8. The van der Waals surface area contributed by atoms with Gasteiger partial charge in [0, 0.05) is 6.61 Å². The summed E-state index contributed by atoms with van der Waals surface area (Å²) in [7, 11) is 0. The quantitative estimate of drug-likeness (QED) is 0.105. The molecule has 3 nitrogen and oxygen atoms in total. The summed E-state index contributed by atoms with van der Waals surface area (Å²) in [4.78, 5) is 12.3. The van der Waals surface area contributed by atoms with E-state index in [-0.39, 0.29) is 12.1 Å². The number of hydrogen-bond donors (Lipinski definition) is 0. The van der Waals surface area contributed by atoms with Crippen molar-refractivity contribution in [2.75, 3.05) is 13.2 Å². The van der Waals surface area contributed by atoms with Gasteiger partial charge in [0.15, 0.2) is 6.10 Å². The average Bonchev–Trinajstić information content (AvgIpc) is 2.77. The first kappa shape index (κ1) is 30.4. The van der Waals surface area contributed by atoms with E-state index < -0.39 is 0 Å². The molecule has 186 valence electrons. The molecule has 0 rings (SSSR count). The predicted octanol–water partition coefficient (Wildman–Crippen LogP) is 9.17. The largest absolute Gasteiger partial charge is 0.464 e. The lowest BCUT2D eigenvalue weighted by Gasteiger charge is -2.16. The van der Waals surface area contributed by atoms with Gasteiger partial charge in [-0.2, -0.15) is 0 Å². The van der Waals surface area contributed by atoms with Crippen LogP contribution in [0.25, 0.3) is 0 Å². The third-order valence-corrected chi connectivity index (χ3v) is 6.19. The van der Waals surface area contributed by atoms with Crippen LogP contribution in [0.3, 0.4) is 0 Å². The topological polar surface area (TPSA) is 35.5 Å². The minimum absolute atomic E-state index is 0.148. The van der Waals surface area contributed by atoms with Crippen LogP contribution in [-0.4, -0.2) is 25.3 Å². The van der Waals surface area contributed by atoms with Crippen LogP contribution in [0.4, 0.5) is 0 Å². The van der Waals surface area contributed by atoms with Crippen molar-refractivity contribution < 1.29 is 14.3 Å². The maximum atomic E-state index is 12.3. The molecule has 3 heteroatoms. The third-order valence-electron chi connectivity index (χ3n) is 6.19. The molecule has 0 heterocycles. The van der Waals surface area contributed by atoms with Gasteiger partial charge in [0.25, 0.3) is 0 Å². The zero-order valence-corrected chi connectivity index (χ0v) is 21.6. The van der Waals surface area contributed by atoms with Crippen LogP contribution in [-0.2, 0) is 14.3 Å². The van der Waals surface area contributed by atoms with Gasteiger partial charge in [-0.3, -0.25) is 0 Å². The number of ether oxygens (including phenoxy) is 2. The van der Waals surface area contributed by atoms with Crippen molar-refractivity contribution in [3.8, 4) is 0 Å². The summed E-state index contributed by atoms with van der Waals surface area (Å²) in [5.74, 6) is -0.148. The SMILES string of the molecule is CCCCCCCCCCCCCCCCC(OCC)C(=O)OCCCCCCCC. The highest BCUT2D eigenvalue weighted by Gasteiger charge is 2.19. The van der Waals surface area contributed by atoms with E-state index in [2.05, 4.69) is 13.8 Å². The molecule has 0 aromatic carbocycles. The second-order valence-electron chi connectivity index (χ2n) is 9.26. The van der Waals surface area contributed by atoms with Crippen LogP contribution in [0.15, 0.2) is 0 Å². The Bertz CT molecular complexity index is 356. The zero-order valence-electron chi connectivity index (χ0n) is 21.6. The second kappa shape index (κ2) is 25.7. The third kappa shape index (κ3) is 22.4. The summed E-state index contributed by atoms with van der Waals surface area (Å²) >= 11 is 0. The van der Waals surface area contributed by atoms with Gasteiger partial charge in [-0.05, 0) is 19.8 Å². The molecule has 0 fully saturated rings. The Morgan fingerprint density at radius 3 is 1.35 bits per heavy atom. The van der Waals surface area contributed by atoms with Gasteiger partial charge in [0.05, 0.1) is 6.61 Å². The van der Waals surface area contributed by atoms with Crippen molar-refractivity contribution in [2.24, 2.45) is 0 Å². The lowest BCUT2D eigenvalue weighted by Crippen LogP contribution is -2.27. The van der Waals surface area contributed by atoms with Crippen LogP contribution in [0, 0.1) is 0 Å². The normalized spacial score (nSPS) is 12.2. The van der Waals surface area contributed by atoms with E-state index in [0.29, 0.717) is 13.2 Å². The Morgan fingerprint density at radius 2 is 0.935 bits per heavy atom. The number of rotatable bonds is 25. The van der Waals surface area contributed by atoms with Gasteiger partial charge in [-0.15, -0.1) is 0 Å². The van der Waals surface area contributed by atoms with Gasteiger partial charge >= 0.3 is 5.97 Å². The number of unbranched alkanes of at least 4 members (excludes halogenated alkanes) is 18. The lowest BCUT2D eigenvalue weighted by molar-refractivity contribution is -0.157. The van der Waals surface area contributed by atoms with E-state index in [4.69, 9.17) is 9.47 Å². The summed E-state index contributed by atoms with van der Waals surface area (Å²) in [5.41, 5.74) is 0. The molecule has 0 aliphatic rings. The molecule has 0 saturated carbocycles. The molecule has 0 radical (unpaired) electrons. The molecule has 0 bridgehead atoms. The van der Waals surface area contributed by atoms with Crippen molar-refractivity contribution >= 4 is 5.97 Å². The number of esters is 1. The molecule has 0 aromatic heterocycles. The van der Waals surface area contributed by atoms with E-state index in [9.17, 15) is 4.79 Å². The van der Waals surface area contributed by atoms with Crippen molar-refractivity contribution in [3.05, 3.63) is 0 Å². The standard InChI is InChI=1S/C28H56O3/c1-4-7-9-11-13-14-15-16-17-18-19-20-21-23-25-27(30-6-3)28(29)31-26-24-22-12-10-8-5-2/h27H,4-26H2,1-3H3. The maximum absolute atomic E-state index is 12.3. The van der Waals surface area contributed by atoms with E-state index in [1.807, 2.05) is 6.92 Å². The summed E-state index contributed by atoms with van der Waals surface area (Å²) < 4.78 is 11.1. The molecule has 1 atom stereocenters. The van der Waals surface area contributed by atoms with Crippen LogP contribution in [0.2, 0.25) is 0 Å². The molecular weight excluding hydrogens is 384 g/mol. The van der Waals surface area contributed by atoms with Crippen molar-refractivity contribution in [2.45, 2.75) is 162 Å². The molecular formula is C28H56O3. The molecule has 0 spiro atoms.